The van der Waals surface area contributed by atoms with Gasteiger partial charge in [-0.15, -0.1) is 0 Å². The van der Waals surface area contributed by atoms with E-state index in [9.17, 15) is 9.59 Å². The van der Waals surface area contributed by atoms with Crippen LogP contribution in [0.1, 0.15) is 26.7 Å². The molecule has 0 spiro atoms. The summed E-state index contributed by atoms with van der Waals surface area (Å²) in [5.41, 5.74) is 0. The zero-order valence-corrected chi connectivity index (χ0v) is 11.8. The van der Waals surface area contributed by atoms with E-state index in [1.165, 1.54) is 0 Å². The molecule has 2 unspecified atom stereocenters. The highest BCUT2D eigenvalue weighted by atomic mass is 16.5. The minimum atomic E-state index is -0.170. The second-order valence-corrected chi connectivity index (χ2v) is 5.37. The molecule has 1 saturated carbocycles. The zero-order chi connectivity index (χ0) is 13.8. The summed E-state index contributed by atoms with van der Waals surface area (Å²) in [7, 11) is 0. The van der Waals surface area contributed by atoms with Crippen LogP contribution in [0.5, 0.6) is 0 Å². The first kappa shape index (κ1) is 14.3. The SMILES string of the molecule is CCOC(=O)CN1CC2CCC(C1)C2C(=O)OCC. The smallest absolute Gasteiger partial charge is 0.320 e. The van der Waals surface area contributed by atoms with Gasteiger partial charge in [-0.1, -0.05) is 0 Å². The highest BCUT2D eigenvalue weighted by Gasteiger charge is 2.46. The molecule has 1 saturated heterocycles. The third-order valence-corrected chi connectivity index (χ3v) is 4.13. The van der Waals surface area contributed by atoms with Gasteiger partial charge in [0.2, 0.25) is 0 Å². The van der Waals surface area contributed by atoms with Crippen molar-refractivity contribution in [1.29, 1.82) is 0 Å². The Morgan fingerprint density at radius 2 is 1.63 bits per heavy atom. The maximum Gasteiger partial charge on any atom is 0.320 e. The lowest BCUT2D eigenvalue weighted by Crippen LogP contribution is -2.47. The van der Waals surface area contributed by atoms with Gasteiger partial charge in [0.1, 0.15) is 0 Å². The standard InChI is InChI=1S/C14H23NO4/c1-3-18-12(16)9-15-7-10-5-6-11(8-15)13(10)14(17)19-4-2/h10-11,13H,3-9H2,1-2H3. The van der Waals surface area contributed by atoms with Crippen molar-refractivity contribution < 1.29 is 19.1 Å². The molecule has 108 valence electrons. The molecule has 0 radical (unpaired) electrons. The Labute approximate surface area is 114 Å². The number of carbonyl (C=O) groups excluding carboxylic acids is 2. The fourth-order valence-electron chi connectivity index (χ4n) is 3.46. The summed E-state index contributed by atoms with van der Waals surface area (Å²) in [6, 6.07) is 0. The number of rotatable bonds is 5. The maximum atomic E-state index is 12.0. The van der Waals surface area contributed by atoms with E-state index in [0.717, 1.165) is 25.9 Å². The summed E-state index contributed by atoms with van der Waals surface area (Å²) < 4.78 is 10.1. The minimum Gasteiger partial charge on any atom is -0.466 e. The van der Waals surface area contributed by atoms with Crippen LogP contribution in [0.2, 0.25) is 0 Å². The van der Waals surface area contributed by atoms with E-state index in [-0.39, 0.29) is 17.9 Å². The highest BCUT2D eigenvalue weighted by molar-refractivity contribution is 5.74. The number of piperidine rings is 1. The normalized spacial score (nSPS) is 30.1. The largest absolute Gasteiger partial charge is 0.466 e. The number of nitrogens with zero attached hydrogens (tertiary/aromatic N) is 1. The fourth-order valence-corrected chi connectivity index (χ4v) is 3.46. The summed E-state index contributed by atoms with van der Waals surface area (Å²) >= 11 is 0. The van der Waals surface area contributed by atoms with Gasteiger partial charge >= 0.3 is 11.9 Å². The van der Waals surface area contributed by atoms with E-state index < -0.39 is 0 Å². The number of esters is 2. The Morgan fingerprint density at radius 3 is 2.16 bits per heavy atom. The number of hydrogen-bond acceptors (Lipinski definition) is 5. The van der Waals surface area contributed by atoms with Crippen molar-refractivity contribution in [3.63, 3.8) is 0 Å². The van der Waals surface area contributed by atoms with E-state index in [0.29, 0.717) is 31.6 Å². The van der Waals surface area contributed by atoms with E-state index in [2.05, 4.69) is 4.90 Å². The Kier molecular flexibility index (Phi) is 4.80. The van der Waals surface area contributed by atoms with Crippen LogP contribution in [0.4, 0.5) is 0 Å². The van der Waals surface area contributed by atoms with Gasteiger partial charge in [-0.2, -0.15) is 0 Å². The average Bonchev–Trinajstić information content (AvgIpc) is 2.62. The van der Waals surface area contributed by atoms with Gasteiger partial charge in [0.15, 0.2) is 0 Å². The molecule has 1 heterocycles. The van der Waals surface area contributed by atoms with E-state index in [1.54, 1.807) is 0 Å². The Balaban J connectivity index is 1.90. The van der Waals surface area contributed by atoms with Gasteiger partial charge in [0.25, 0.3) is 0 Å². The van der Waals surface area contributed by atoms with Crippen molar-refractivity contribution >= 4 is 11.9 Å². The molecule has 5 nitrogen and oxygen atoms in total. The van der Waals surface area contributed by atoms with Gasteiger partial charge in [0.05, 0.1) is 25.7 Å². The number of ether oxygens (including phenoxy) is 2. The Hall–Kier alpha value is -1.10. The molecule has 2 bridgehead atoms. The van der Waals surface area contributed by atoms with Crippen molar-refractivity contribution in [3.8, 4) is 0 Å². The van der Waals surface area contributed by atoms with Crippen LogP contribution in [-0.2, 0) is 19.1 Å². The quantitative estimate of drug-likeness (QED) is 0.699. The van der Waals surface area contributed by atoms with Gasteiger partial charge in [-0.05, 0) is 38.5 Å². The molecule has 2 aliphatic rings. The van der Waals surface area contributed by atoms with Crippen LogP contribution in [0.15, 0.2) is 0 Å². The van der Waals surface area contributed by atoms with E-state index in [4.69, 9.17) is 9.47 Å². The van der Waals surface area contributed by atoms with E-state index in [1.807, 2.05) is 13.8 Å². The first-order chi connectivity index (χ1) is 9.15. The lowest BCUT2D eigenvalue weighted by Gasteiger charge is -2.36. The second-order valence-electron chi connectivity index (χ2n) is 5.37. The predicted molar refractivity (Wildman–Crippen MR) is 69.4 cm³/mol. The van der Waals surface area contributed by atoms with Gasteiger partial charge in [-0.3, -0.25) is 14.5 Å². The highest BCUT2D eigenvalue weighted by Crippen LogP contribution is 2.42. The molecule has 5 heteroatoms. The summed E-state index contributed by atoms with van der Waals surface area (Å²) in [5.74, 6) is 0.500. The van der Waals surface area contributed by atoms with Gasteiger partial charge < -0.3 is 9.47 Å². The summed E-state index contributed by atoms with van der Waals surface area (Å²) in [6.45, 7) is 6.48. The topological polar surface area (TPSA) is 55.8 Å². The molecule has 0 N–H and O–H groups in total. The number of likely N-dealkylation sites (tertiary alicyclic amines) is 1. The van der Waals surface area contributed by atoms with Crippen molar-refractivity contribution in [1.82, 2.24) is 4.90 Å². The third-order valence-electron chi connectivity index (χ3n) is 4.13. The minimum absolute atomic E-state index is 0.0402. The van der Waals surface area contributed by atoms with Crippen LogP contribution in [0, 0.1) is 17.8 Å². The molecule has 2 atom stereocenters. The van der Waals surface area contributed by atoms with Crippen LogP contribution in [0.25, 0.3) is 0 Å². The van der Waals surface area contributed by atoms with Crippen LogP contribution >= 0.6 is 0 Å². The van der Waals surface area contributed by atoms with Gasteiger partial charge in [0, 0.05) is 13.1 Å². The first-order valence-corrected chi connectivity index (χ1v) is 7.20. The molecule has 0 aromatic heterocycles. The first-order valence-electron chi connectivity index (χ1n) is 7.20. The fraction of sp³-hybridized carbons (Fsp3) is 0.857. The maximum absolute atomic E-state index is 12.0. The van der Waals surface area contributed by atoms with E-state index >= 15 is 0 Å². The lowest BCUT2D eigenvalue weighted by atomic mass is 9.85. The Morgan fingerprint density at radius 1 is 1.05 bits per heavy atom. The van der Waals surface area contributed by atoms with Crippen LogP contribution < -0.4 is 0 Å². The summed E-state index contributed by atoms with van der Waals surface area (Å²) in [5, 5.41) is 0. The van der Waals surface area contributed by atoms with Crippen molar-refractivity contribution in [3.05, 3.63) is 0 Å². The lowest BCUT2D eigenvalue weighted by molar-refractivity contribution is -0.153. The molecular weight excluding hydrogens is 246 g/mol. The number of fused-ring (bicyclic) bond motifs is 2. The Bertz CT molecular complexity index is 330. The molecule has 19 heavy (non-hydrogen) atoms. The summed E-state index contributed by atoms with van der Waals surface area (Å²) in [4.78, 5) is 25.6. The van der Waals surface area contributed by atoms with Gasteiger partial charge in [-0.25, -0.2) is 0 Å². The molecule has 1 aliphatic heterocycles. The molecular formula is C14H23NO4. The molecule has 2 rings (SSSR count). The monoisotopic (exact) mass is 269 g/mol. The predicted octanol–water partition coefficient (Wildman–Crippen LogP) is 1.07. The van der Waals surface area contributed by atoms with Crippen molar-refractivity contribution in [2.24, 2.45) is 17.8 Å². The molecule has 1 aliphatic carbocycles. The van der Waals surface area contributed by atoms with Crippen LogP contribution in [0.3, 0.4) is 0 Å². The second kappa shape index (κ2) is 6.37. The summed E-state index contributed by atoms with van der Waals surface area (Å²) in [6.07, 6.45) is 2.13. The van der Waals surface area contributed by atoms with Crippen LogP contribution in [-0.4, -0.2) is 49.7 Å². The molecule has 2 fully saturated rings. The van der Waals surface area contributed by atoms with Crippen molar-refractivity contribution in [2.45, 2.75) is 26.7 Å². The molecule has 0 aromatic carbocycles. The average molecular weight is 269 g/mol. The number of hydrogen-bond donors (Lipinski definition) is 0. The number of carbonyl (C=O) groups is 2. The third kappa shape index (κ3) is 3.26. The zero-order valence-electron chi connectivity index (χ0n) is 11.8. The molecule has 0 aromatic rings. The molecule has 0 amide bonds. The van der Waals surface area contributed by atoms with Crippen molar-refractivity contribution in [2.75, 3.05) is 32.8 Å².